The van der Waals surface area contributed by atoms with Gasteiger partial charge in [0.25, 0.3) is 0 Å². The standard InChI is InChI=1S/C15H22ClN5OS/c1-11(2)22-14-6-5-12(9-13(14)16)10-17-7-4-8-23-15-18-19-20-21(15)3/h5-6,9,11,17H,4,7-8,10H2,1-3H3. The van der Waals surface area contributed by atoms with Crippen LogP contribution in [0.2, 0.25) is 5.02 Å². The molecule has 0 amide bonds. The number of ether oxygens (including phenoxy) is 1. The Hall–Kier alpha value is -1.31. The van der Waals surface area contributed by atoms with Crippen LogP contribution < -0.4 is 10.1 Å². The molecular weight excluding hydrogens is 334 g/mol. The number of nitrogens with one attached hydrogen (secondary N) is 1. The third-order valence-corrected chi connectivity index (χ3v) is 4.39. The van der Waals surface area contributed by atoms with Gasteiger partial charge in [-0.1, -0.05) is 29.4 Å². The largest absolute Gasteiger partial charge is 0.489 e. The molecule has 0 aliphatic rings. The molecule has 126 valence electrons. The van der Waals surface area contributed by atoms with Crippen LogP contribution in [-0.2, 0) is 13.6 Å². The first kappa shape index (κ1) is 18.0. The molecule has 0 spiro atoms. The molecule has 23 heavy (non-hydrogen) atoms. The number of aryl methyl sites for hydroxylation is 1. The van der Waals surface area contributed by atoms with Crippen molar-refractivity contribution in [3.05, 3.63) is 28.8 Å². The Balaban J connectivity index is 1.66. The lowest BCUT2D eigenvalue weighted by molar-refractivity contribution is 0.242. The molecule has 1 heterocycles. The lowest BCUT2D eigenvalue weighted by atomic mass is 10.2. The number of benzene rings is 1. The van der Waals surface area contributed by atoms with Crippen molar-refractivity contribution < 1.29 is 4.74 Å². The van der Waals surface area contributed by atoms with E-state index in [1.54, 1.807) is 16.4 Å². The van der Waals surface area contributed by atoms with Gasteiger partial charge in [-0.25, -0.2) is 4.68 Å². The molecule has 2 aromatic rings. The predicted molar refractivity (Wildman–Crippen MR) is 93.1 cm³/mol. The molecule has 0 saturated carbocycles. The molecule has 1 aromatic carbocycles. The molecule has 0 bridgehead atoms. The Morgan fingerprint density at radius 1 is 1.39 bits per heavy atom. The summed E-state index contributed by atoms with van der Waals surface area (Å²) in [4.78, 5) is 0. The second-order valence-electron chi connectivity index (χ2n) is 5.40. The summed E-state index contributed by atoms with van der Waals surface area (Å²) < 4.78 is 7.31. The molecule has 6 nitrogen and oxygen atoms in total. The molecule has 0 radical (unpaired) electrons. The number of nitrogens with zero attached hydrogens (tertiary/aromatic N) is 4. The van der Waals surface area contributed by atoms with E-state index in [-0.39, 0.29) is 6.10 Å². The van der Waals surface area contributed by atoms with E-state index in [1.165, 1.54) is 0 Å². The summed E-state index contributed by atoms with van der Waals surface area (Å²) in [6, 6.07) is 5.92. The first-order chi connectivity index (χ1) is 11.1. The van der Waals surface area contributed by atoms with Crippen LogP contribution in [0.25, 0.3) is 0 Å². The number of tetrazole rings is 1. The van der Waals surface area contributed by atoms with Gasteiger partial charge < -0.3 is 10.1 Å². The van der Waals surface area contributed by atoms with E-state index in [0.29, 0.717) is 5.02 Å². The lowest BCUT2D eigenvalue weighted by Crippen LogP contribution is -2.15. The van der Waals surface area contributed by atoms with Crippen molar-refractivity contribution >= 4 is 23.4 Å². The maximum absolute atomic E-state index is 6.23. The molecule has 1 N–H and O–H groups in total. The highest BCUT2D eigenvalue weighted by atomic mass is 35.5. The topological polar surface area (TPSA) is 64.9 Å². The molecule has 0 unspecified atom stereocenters. The molecular formula is C15H22ClN5OS. The molecule has 0 atom stereocenters. The summed E-state index contributed by atoms with van der Waals surface area (Å²) in [5.41, 5.74) is 1.15. The van der Waals surface area contributed by atoms with Gasteiger partial charge >= 0.3 is 0 Å². The van der Waals surface area contributed by atoms with Gasteiger partial charge in [0.2, 0.25) is 5.16 Å². The van der Waals surface area contributed by atoms with Crippen LogP contribution >= 0.6 is 23.4 Å². The number of aromatic nitrogens is 4. The molecule has 8 heteroatoms. The average Bonchev–Trinajstić information content (AvgIpc) is 2.90. The van der Waals surface area contributed by atoms with Gasteiger partial charge in [0.15, 0.2) is 0 Å². The number of rotatable bonds is 9. The Bertz CT molecular complexity index is 620. The van der Waals surface area contributed by atoms with E-state index in [1.807, 2.05) is 39.1 Å². The molecule has 1 aromatic heterocycles. The van der Waals surface area contributed by atoms with Gasteiger partial charge in [-0.3, -0.25) is 0 Å². The summed E-state index contributed by atoms with van der Waals surface area (Å²) in [6.45, 7) is 5.69. The minimum Gasteiger partial charge on any atom is -0.489 e. The highest BCUT2D eigenvalue weighted by molar-refractivity contribution is 7.99. The highest BCUT2D eigenvalue weighted by Gasteiger charge is 2.05. The van der Waals surface area contributed by atoms with Crippen LogP contribution in [0.5, 0.6) is 5.75 Å². The van der Waals surface area contributed by atoms with Crippen molar-refractivity contribution in [3.63, 3.8) is 0 Å². The normalized spacial score (nSPS) is 11.2. The summed E-state index contributed by atoms with van der Waals surface area (Å²) in [6.07, 6.45) is 1.16. The maximum Gasteiger partial charge on any atom is 0.209 e. The van der Waals surface area contributed by atoms with Crippen LogP contribution in [0.15, 0.2) is 23.4 Å². The number of thioether (sulfide) groups is 1. The van der Waals surface area contributed by atoms with Gasteiger partial charge in [0, 0.05) is 19.3 Å². The second kappa shape index (κ2) is 9.10. The fourth-order valence-corrected chi connectivity index (χ4v) is 2.98. The van der Waals surface area contributed by atoms with E-state index in [2.05, 4.69) is 20.8 Å². The smallest absolute Gasteiger partial charge is 0.209 e. The number of halogens is 1. The van der Waals surface area contributed by atoms with Crippen molar-refractivity contribution in [1.29, 1.82) is 0 Å². The summed E-state index contributed by atoms with van der Waals surface area (Å²) in [7, 11) is 1.84. The molecule has 0 aliphatic carbocycles. The van der Waals surface area contributed by atoms with Crippen LogP contribution in [0.1, 0.15) is 25.8 Å². The third-order valence-electron chi connectivity index (χ3n) is 3.00. The Morgan fingerprint density at radius 2 is 2.22 bits per heavy atom. The monoisotopic (exact) mass is 355 g/mol. The third kappa shape index (κ3) is 6.01. The Labute approximate surface area is 145 Å². The highest BCUT2D eigenvalue weighted by Crippen LogP contribution is 2.26. The number of hydrogen-bond donors (Lipinski definition) is 1. The number of hydrogen-bond acceptors (Lipinski definition) is 6. The minimum absolute atomic E-state index is 0.123. The van der Waals surface area contributed by atoms with Gasteiger partial charge in [0.1, 0.15) is 5.75 Å². The molecule has 0 fully saturated rings. The first-order valence-corrected chi connectivity index (χ1v) is 8.93. The zero-order chi connectivity index (χ0) is 16.7. The Kier molecular flexibility index (Phi) is 7.14. The average molecular weight is 356 g/mol. The summed E-state index contributed by atoms with van der Waals surface area (Å²) >= 11 is 7.89. The zero-order valence-electron chi connectivity index (χ0n) is 13.6. The van der Waals surface area contributed by atoms with Crippen LogP contribution in [0.3, 0.4) is 0 Å². The summed E-state index contributed by atoms with van der Waals surface area (Å²) in [5, 5.41) is 16.3. The first-order valence-electron chi connectivity index (χ1n) is 7.57. The maximum atomic E-state index is 6.23. The Morgan fingerprint density at radius 3 is 2.87 bits per heavy atom. The minimum atomic E-state index is 0.123. The predicted octanol–water partition coefficient (Wildman–Crippen LogP) is 2.92. The SMILES string of the molecule is CC(C)Oc1ccc(CNCCCSc2nnnn2C)cc1Cl. The fourth-order valence-electron chi connectivity index (χ4n) is 1.94. The second-order valence-corrected chi connectivity index (χ2v) is 6.86. The van der Waals surface area contributed by atoms with E-state index in [0.717, 1.165) is 41.7 Å². The lowest BCUT2D eigenvalue weighted by Gasteiger charge is -2.12. The fraction of sp³-hybridized carbons (Fsp3) is 0.533. The zero-order valence-corrected chi connectivity index (χ0v) is 15.2. The van der Waals surface area contributed by atoms with Crippen molar-refractivity contribution in [1.82, 2.24) is 25.5 Å². The molecule has 0 saturated heterocycles. The van der Waals surface area contributed by atoms with E-state index in [4.69, 9.17) is 16.3 Å². The van der Waals surface area contributed by atoms with E-state index >= 15 is 0 Å². The molecule has 0 aliphatic heterocycles. The summed E-state index contributed by atoms with van der Waals surface area (Å²) in [5.74, 6) is 1.71. The van der Waals surface area contributed by atoms with Crippen molar-refractivity contribution in [2.45, 2.75) is 38.1 Å². The van der Waals surface area contributed by atoms with Crippen LogP contribution in [-0.4, -0.2) is 38.6 Å². The van der Waals surface area contributed by atoms with Gasteiger partial charge in [0.05, 0.1) is 11.1 Å². The van der Waals surface area contributed by atoms with Gasteiger partial charge in [-0.05, 0) is 54.9 Å². The quantitative estimate of drug-likeness (QED) is 0.551. The van der Waals surface area contributed by atoms with Crippen molar-refractivity contribution in [2.24, 2.45) is 7.05 Å². The van der Waals surface area contributed by atoms with Gasteiger partial charge in [-0.15, -0.1) is 5.10 Å². The van der Waals surface area contributed by atoms with Crippen molar-refractivity contribution in [2.75, 3.05) is 12.3 Å². The van der Waals surface area contributed by atoms with Crippen molar-refractivity contribution in [3.8, 4) is 5.75 Å². The van der Waals surface area contributed by atoms with E-state index in [9.17, 15) is 0 Å². The van der Waals surface area contributed by atoms with Crippen LogP contribution in [0.4, 0.5) is 0 Å². The van der Waals surface area contributed by atoms with E-state index < -0.39 is 0 Å². The van der Waals surface area contributed by atoms with Gasteiger partial charge in [-0.2, -0.15) is 0 Å². The van der Waals surface area contributed by atoms with Crippen LogP contribution in [0, 0.1) is 0 Å². The molecule has 2 rings (SSSR count).